The Morgan fingerprint density at radius 1 is 1.23 bits per heavy atom. The summed E-state index contributed by atoms with van der Waals surface area (Å²) in [7, 11) is 1.86. The van der Waals surface area contributed by atoms with Gasteiger partial charge >= 0.3 is 5.69 Å². The molecule has 1 N–H and O–H groups in total. The second-order valence-corrected chi connectivity index (χ2v) is 7.52. The highest BCUT2D eigenvalue weighted by molar-refractivity contribution is 5.58. The highest BCUT2D eigenvalue weighted by atomic mass is 16.5. The number of pyridine rings is 2. The van der Waals surface area contributed by atoms with Crippen molar-refractivity contribution in [2.24, 2.45) is 13.0 Å². The molecule has 30 heavy (non-hydrogen) atoms. The third-order valence-corrected chi connectivity index (χ3v) is 4.47. The predicted octanol–water partition coefficient (Wildman–Crippen LogP) is 3.05. The fraction of sp³-hybridized carbons (Fsp3) is 0.286. The van der Waals surface area contributed by atoms with Crippen molar-refractivity contribution in [1.29, 1.82) is 0 Å². The van der Waals surface area contributed by atoms with Gasteiger partial charge < -0.3 is 4.74 Å². The van der Waals surface area contributed by atoms with E-state index >= 15 is 0 Å². The van der Waals surface area contributed by atoms with Gasteiger partial charge in [-0.15, -0.1) is 5.10 Å². The lowest BCUT2D eigenvalue weighted by molar-refractivity contribution is 0.474. The van der Waals surface area contributed by atoms with Gasteiger partial charge in [-0.25, -0.2) is 9.78 Å². The van der Waals surface area contributed by atoms with Crippen molar-refractivity contribution in [3.8, 4) is 28.6 Å². The summed E-state index contributed by atoms with van der Waals surface area (Å²) >= 11 is 0. The predicted molar refractivity (Wildman–Crippen MR) is 112 cm³/mol. The molecule has 0 amide bonds. The first kappa shape index (κ1) is 19.6. The van der Waals surface area contributed by atoms with E-state index in [0.29, 0.717) is 41.2 Å². The zero-order valence-electron chi connectivity index (χ0n) is 17.3. The lowest BCUT2D eigenvalue weighted by atomic mass is 10.1. The van der Waals surface area contributed by atoms with Crippen molar-refractivity contribution in [3.05, 3.63) is 64.9 Å². The molecule has 4 heterocycles. The van der Waals surface area contributed by atoms with Crippen molar-refractivity contribution in [1.82, 2.24) is 34.5 Å². The molecule has 0 aromatic carbocycles. The Hall–Kier alpha value is -3.75. The van der Waals surface area contributed by atoms with E-state index in [1.54, 1.807) is 35.3 Å². The Morgan fingerprint density at radius 3 is 2.77 bits per heavy atom. The lowest BCUT2D eigenvalue weighted by Crippen LogP contribution is -2.17. The number of H-pyrrole nitrogens is 1. The molecule has 9 nitrogen and oxygen atoms in total. The molecule has 154 valence electrons. The summed E-state index contributed by atoms with van der Waals surface area (Å²) in [5.41, 5.74) is 2.01. The number of aromatic nitrogens is 7. The third kappa shape index (κ3) is 4.14. The molecule has 0 atom stereocenters. The van der Waals surface area contributed by atoms with Gasteiger partial charge in [-0.05, 0) is 31.0 Å². The van der Waals surface area contributed by atoms with E-state index < -0.39 is 0 Å². The molecule has 0 radical (unpaired) electrons. The average Bonchev–Trinajstić information content (AvgIpc) is 3.29. The van der Waals surface area contributed by atoms with Crippen molar-refractivity contribution < 1.29 is 4.74 Å². The van der Waals surface area contributed by atoms with E-state index in [1.165, 1.54) is 4.68 Å². The molecule has 4 rings (SSSR count). The van der Waals surface area contributed by atoms with Gasteiger partial charge in [-0.1, -0.05) is 13.8 Å². The average molecular weight is 405 g/mol. The molecule has 0 aliphatic carbocycles. The molecule has 0 aliphatic rings. The summed E-state index contributed by atoms with van der Waals surface area (Å²) in [4.78, 5) is 23.9. The van der Waals surface area contributed by atoms with Crippen LogP contribution in [0.2, 0.25) is 0 Å². The van der Waals surface area contributed by atoms with Gasteiger partial charge in [0.05, 0.1) is 17.6 Å². The van der Waals surface area contributed by atoms with Crippen LogP contribution in [0.4, 0.5) is 0 Å². The molecule has 0 aliphatic heterocycles. The number of nitrogens with zero attached hydrogens (tertiary/aromatic N) is 6. The first-order valence-electron chi connectivity index (χ1n) is 9.68. The fourth-order valence-electron chi connectivity index (χ4n) is 3.08. The molecule has 4 aromatic heterocycles. The lowest BCUT2D eigenvalue weighted by Gasteiger charge is -2.10. The summed E-state index contributed by atoms with van der Waals surface area (Å²) in [6, 6.07) is 7.13. The number of aromatic amines is 1. The van der Waals surface area contributed by atoms with E-state index in [1.807, 2.05) is 26.2 Å². The minimum absolute atomic E-state index is 0.304. The van der Waals surface area contributed by atoms with Crippen molar-refractivity contribution in [2.45, 2.75) is 27.2 Å². The summed E-state index contributed by atoms with van der Waals surface area (Å²) in [6.07, 6.45) is 6.03. The number of hydrogen-bond donors (Lipinski definition) is 1. The van der Waals surface area contributed by atoms with Gasteiger partial charge in [0, 0.05) is 37.5 Å². The number of rotatable bonds is 6. The summed E-state index contributed by atoms with van der Waals surface area (Å²) in [6.45, 7) is 5.98. The van der Waals surface area contributed by atoms with Crippen LogP contribution in [0.1, 0.15) is 25.4 Å². The summed E-state index contributed by atoms with van der Waals surface area (Å²) < 4.78 is 9.01. The van der Waals surface area contributed by atoms with Crippen LogP contribution >= 0.6 is 0 Å². The largest absolute Gasteiger partial charge is 0.455 e. The standard InChI is InChI=1S/C21H23N7O2/c1-13(2)9-19-25-21(29)28(26-19)20-6-5-18(14(3)24-20)30-16-7-8-22-17(10-16)15-11-23-27(4)12-15/h5-8,10-13H,9H2,1-4H3,(H,25,26,29). The molecule has 9 heteroatoms. The van der Waals surface area contributed by atoms with Crippen LogP contribution in [-0.2, 0) is 13.5 Å². The third-order valence-electron chi connectivity index (χ3n) is 4.47. The molecule has 0 saturated heterocycles. The molecule has 0 spiro atoms. The second-order valence-electron chi connectivity index (χ2n) is 7.52. The number of aryl methyl sites for hydroxylation is 2. The molecule has 0 fully saturated rings. The molecular weight excluding hydrogens is 382 g/mol. The molecule has 4 aromatic rings. The zero-order valence-corrected chi connectivity index (χ0v) is 17.3. The van der Waals surface area contributed by atoms with Gasteiger partial charge in [0.25, 0.3) is 0 Å². The first-order chi connectivity index (χ1) is 14.4. The van der Waals surface area contributed by atoms with Gasteiger partial charge in [0.15, 0.2) is 5.82 Å². The van der Waals surface area contributed by atoms with Crippen LogP contribution < -0.4 is 10.4 Å². The Labute approximate surface area is 173 Å². The van der Waals surface area contributed by atoms with Crippen molar-refractivity contribution in [2.75, 3.05) is 0 Å². The highest BCUT2D eigenvalue weighted by Gasteiger charge is 2.12. The van der Waals surface area contributed by atoms with E-state index in [9.17, 15) is 4.79 Å². The van der Waals surface area contributed by atoms with Crippen LogP contribution in [0.5, 0.6) is 11.5 Å². The van der Waals surface area contributed by atoms with E-state index in [4.69, 9.17) is 4.74 Å². The topological polar surface area (TPSA) is 104 Å². The number of hydrogen-bond acceptors (Lipinski definition) is 6. The molecule has 0 bridgehead atoms. The molecule has 0 saturated carbocycles. The van der Waals surface area contributed by atoms with E-state index in [2.05, 4.69) is 39.0 Å². The first-order valence-corrected chi connectivity index (χ1v) is 9.68. The van der Waals surface area contributed by atoms with Crippen LogP contribution in [0.15, 0.2) is 47.7 Å². The van der Waals surface area contributed by atoms with Crippen LogP contribution in [-0.4, -0.2) is 34.5 Å². The smallest absolute Gasteiger partial charge is 0.349 e. The normalized spacial score (nSPS) is 11.2. The van der Waals surface area contributed by atoms with Gasteiger partial charge in [-0.3, -0.25) is 14.6 Å². The maximum absolute atomic E-state index is 12.2. The van der Waals surface area contributed by atoms with Gasteiger partial charge in [0.1, 0.15) is 17.3 Å². The SMILES string of the molecule is Cc1nc(-n2nc(CC(C)C)[nH]c2=O)ccc1Oc1ccnc(-c2cnn(C)c2)c1. The Morgan fingerprint density at radius 2 is 2.07 bits per heavy atom. The zero-order chi connectivity index (χ0) is 21.3. The minimum Gasteiger partial charge on any atom is -0.455 e. The van der Waals surface area contributed by atoms with Crippen LogP contribution in [0.3, 0.4) is 0 Å². The van der Waals surface area contributed by atoms with Crippen molar-refractivity contribution in [3.63, 3.8) is 0 Å². The molecular formula is C21H23N7O2. The van der Waals surface area contributed by atoms with Crippen LogP contribution in [0, 0.1) is 12.8 Å². The van der Waals surface area contributed by atoms with E-state index in [-0.39, 0.29) is 5.69 Å². The number of ether oxygens (including phenoxy) is 1. The van der Waals surface area contributed by atoms with Gasteiger partial charge in [0.2, 0.25) is 0 Å². The van der Waals surface area contributed by atoms with E-state index in [0.717, 1.165) is 11.3 Å². The second kappa shape index (κ2) is 7.94. The Balaban J connectivity index is 1.57. The summed E-state index contributed by atoms with van der Waals surface area (Å²) in [5, 5.41) is 8.52. The Bertz CT molecular complexity index is 1240. The fourth-order valence-corrected chi connectivity index (χ4v) is 3.08. The monoisotopic (exact) mass is 405 g/mol. The van der Waals surface area contributed by atoms with Crippen LogP contribution in [0.25, 0.3) is 17.1 Å². The quantitative estimate of drug-likeness (QED) is 0.529. The Kier molecular flexibility index (Phi) is 5.18. The summed E-state index contributed by atoms with van der Waals surface area (Å²) in [5.74, 6) is 2.72. The van der Waals surface area contributed by atoms with Crippen molar-refractivity contribution >= 4 is 0 Å². The maximum Gasteiger partial charge on any atom is 0.349 e. The molecule has 0 unspecified atom stereocenters. The van der Waals surface area contributed by atoms with Gasteiger partial charge in [-0.2, -0.15) is 9.78 Å². The highest BCUT2D eigenvalue weighted by Crippen LogP contribution is 2.27. The number of nitrogens with one attached hydrogen (secondary N) is 1. The minimum atomic E-state index is -0.304. The maximum atomic E-state index is 12.2.